The lowest BCUT2D eigenvalue weighted by atomic mass is 9.79. The summed E-state index contributed by atoms with van der Waals surface area (Å²) in [4.78, 5) is 15.1. The number of hydrogen-bond acceptors (Lipinski definition) is 3. The minimum absolute atomic E-state index is 0.168. The molecule has 0 radical (unpaired) electrons. The Labute approximate surface area is 146 Å². The molecule has 1 N–H and O–H groups in total. The SMILES string of the molecule is C[C@@H]1[C@H](NC(=O)n2cc(-c3ccccc3Cl)cn2)C2CCN1CC2. The average molecular weight is 345 g/mol. The summed E-state index contributed by atoms with van der Waals surface area (Å²) in [5.41, 5.74) is 1.73. The van der Waals surface area contributed by atoms with E-state index in [1.807, 2.05) is 24.3 Å². The van der Waals surface area contributed by atoms with E-state index in [4.69, 9.17) is 11.6 Å². The van der Waals surface area contributed by atoms with Crippen molar-refractivity contribution in [3.8, 4) is 11.1 Å². The van der Waals surface area contributed by atoms with Crippen molar-refractivity contribution in [2.45, 2.75) is 31.8 Å². The van der Waals surface area contributed by atoms with Gasteiger partial charge in [0, 0.05) is 34.4 Å². The molecule has 5 rings (SSSR count). The Morgan fingerprint density at radius 2 is 2.04 bits per heavy atom. The van der Waals surface area contributed by atoms with Gasteiger partial charge >= 0.3 is 6.03 Å². The van der Waals surface area contributed by atoms with E-state index < -0.39 is 0 Å². The maximum atomic E-state index is 12.6. The first-order chi connectivity index (χ1) is 11.6. The summed E-state index contributed by atoms with van der Waals surface area (Å²) in [6.45, 7) is 4.50. The third-order valence-electron chi connectivity index (χ3n) is 5.44. The number of piperidine rings is 3. The Hall–Kier alpha value is -1.85. The number of hydrogen-bond donors (Lipinski definition) is 1. The van der Waals surface area contributed by atoms with Crippen LogP contribution in [-0.4, -0.2) is 45.9 Å². The predicted molar refractivity (Wildman–Crippen MR) is 94.1 cm³/mol. The lowest BCUT2D eigenvalue weighted by molar-refractivity contribution is 0.0266. The minimum atomic E-state index is -0.168. The standard InChI is InChI=1S/C18H21ClN4O/c1-12-17(13-6-8-22(12)9-7-13)21-18(24)23-11-14(10-20-23)15-4-2-3-5-16(15)19/h2-5,10-13,17H,6-9H2,1H3,(H,21,24)/t12-,17+/m1/s1. The molecule has 3 fully saturated rings. The zero-order valence-electron chi connectivity index (χ0n) is 13.7. The minimum Gasteiger partial charge on any atom is -0.332 e. The Morgan fingerprint density at radius 1 is 1.29 bits per heavy atom. The van der Waals surface area contributed by atoms with Crippen LogP contribution in [0.1, 0.15) is 19.8 Å². The van der Waals surface area contributed by atoms with Gasteiger partial charge in [0.15, 0.2) is 0 Å². The molecule has 5 nitrogen and oxygen atoms in total. The summed E-state index contributed by atoms with van der Waals surface area (Å²) in [7, 11) is 0. The Balaban J connectivity index is 1.51. The normalized spacial score (nSPS) is 28.8. The van der Waals surface area contributed by atoms with Gasteiger partial charge in [-0.15, -0.1) is 0 Å². The Kier molecular flexibility index (Phi) is 4.06. The summed E-state index contributed by atoms with van der Waals surface area (Å²) in [6, 6.07) is 8.00. The number of rotatable bonds is 2. The van der Waals surface area contributed by atoms with Crippen LogP contribution in [0.15, 0.2) is 36.7 Å². The lowest BCUT2D eigenvalue weighted by Crippen LogP contribution is -2.62. The van der Waals surface area contributed by atoms with Gasteiger partial charge in [0.1, 0.15) is 0 Å². The molecule has 1 aromatic carbocycles. The second-order valence-electron chi connectivity index (χ2n) is 6.74. The van der Waals surface area contributed by atoms with Gasteiger partial charge in [-0.3, -0.25) is 4.90 Å². The molecule has 0 unspecified atom stereocenters. The molecule has 2 bridgehead atoms. The molecule has 24 heavy (non-hydrogen) atoms. The maximum absolute atomic E-state index is 12.6. The van der Waals surface area contributed by atoms with Crippen LogP contribution < -0.4 is 5.32 Å². The van der Waals surface area contributed by atoms with Gasteiger partial charge in [0.05, 0.1) is 6.20 Å². The van der Waals surface area contributed by atoms with Crippen molar-refractivity contribution in [2.75, 3.05) is 13.1 Å². The fraction of sp³-hybridized carbons (Fsp3) is 0.444. The predicted octanol–water partition coefficient (Wildman–Crippen LogP) is 3.24. The van der Waals surface area contributed by atoms with Gasteiger partial charge in [-0.25, -0.2) is 4.79 Å². The molecule has 126 valence electrons. The Bertz CT molecular complexity index is 749. The van der Waals surface area contributed by atoms with Crippen molar-refractivity contribution >= 4 is 17.6 Å². The third kappa shape index (κ3) is 2.72. The molecule has 4 heterocycles. The summed E-state index contributed by atoms with van der Waals surface area (Å²) in [5, 5.41) is 8.06. The highest BCUT2D eigenvalue weighted by molar-refractivity contribution is 6.33. The van der Waals surface area contributed by atoms with Crippen LogP contribution in [0.3, 0.4) is 0 Å². The number of halogens is 1. The lowest BCUT2D eigenvalue weighted by Gasteiger charge is -2.49. The first-order valence-corrected chi connectivity index (χ1v) is 8.86. The highest BCUT2D eigenvalue weighted by Crippen LogP contribution is 2.32. The fourth-order valence-electron chi connectivity index (χ4n) is 4.02. The van der Waals surface area contributed by atoms with E-state index in [1.165, 1.54) is 17.5 Å². The van der Waals surface area contributed by atoms with Crippen LogP contribution in [0.4, 0.5) is 4.79 Å². The third-order valence-corrected chi connectivity index (χ3v) is 5.77. The van der Waals surface area contributed by atoms with Crippen molar-refractivity contribution in [1.29, 1.82) is 0 Å². The highest BCUT2D eigenvalue weighted by atomic mass is 35.5. The zero-order chi connectivity index (χ0) is 16.7. The number of amides is 1. The molecule has 2 aromatic rings. The van der Waals surface area contributed by atoms with Gasteiger partial charge in [-0.1, -0.05) is 29.8 Å². The van der Waals surface area contributed by atoms with Crippen LogP contribution in [0.2, 0.25) is 5.02 Å². The van der Waals surface area contributed by atoms with Gasteiger partial charge < -0.3 is 5.32 Å². The quantitative estimate of drug-likeness (QED) is 0.909. The molecule has 6 heteroatoms. The van der Waals surface area contributed by atoms with Crippen LogP contribution >= 0.6 is 11.6 Å². The molecule has 3 saturated heterocycles. The van der Waals surface area contributed by atoms with Crippen molar-refractivity contribution in [1.82, 2.24) is 20.0 Å². The molecule has 0 saturated carbocycles. The number of nitrogens with zero attached hydrogens (tertiary/aromatic N) is 3. The molecular formula is C18H21ClN4O. The number of nitrogens with one attached hydrogen (secondary N) is 1. The van der Waals surface area contributed by atoms with Crippen LogP contribution in [0.25, 0.3) is 11.1 Å². The van der Waals surface area contributed by atoms with E-state index >= 15 is 0 Å². The van der Waals surface area contributed by atoms with Crippen LogP contribution in [0.5, 0.6) is 0 Å². The van der Waals surface area contributed by atoms with E-state index in [-0.39, 0.29) is 12.1 Å². The summed E-state index contributed by atoms with van der Waals surface area (Å²) >= 11 is 6.22. The Morgan fingerprint density at radius 3 is 2.75 bits per heavy atom. The van der Waals surface area contributed by atoms with E-state index in [0.717, 1.165) is 24.2 Å². The smallest absolute Gasteiger partial charge is 0.332 e. The molecule has 2 atom stereocenters. The monoisotopic (exact) mass is 344 g/mol. The van der Waals surface area contributed by atoms with Crippen molar-refractivity contribution < 1.29 is 4.79 Å². The number of fused-ring (bicyclic) bond motifs is 3. The van der Waals surface area contributed by atoms with E-state index in [1.54, 1.807) is 12.4 Å². The molecule has 1 aromatic heterocycles. The number of carbonyl (C=O) groups excluding carboxylic acids is 1. The molecule has 3 aliphatic rings. The van der Waals surface area contributed by atoms with Gasteiger partial charge in [-0.05, 0) is 44.8 Å². The van der Waals surface area contributed by atoms with Crippen LogP contribution in [-0.2, 0) is 0 Å². The molecular weight excluding hydrogens is 324 g/mol. The highest BCUT2D eigenvalue weighted by Gasteiger charge is 2.40. The van der Waals surface area contributed by atoms with E-state index in [0.29, 0.717) is 17.0 Å². The molecule has 0 spiro atoms. The summed E-state index contributed by atoms with van der Waals surface area (Å²) in [6.07, 6.45) is 5.75. The second kappa shape index (κ2) is 6.22. The fourth-order valence-corrected chi connectivity index (χ4v) is 4.27. The summed E-state index contributed by atoms with van der Waals surface area (Å²) in [5.74, 6) is 0.576. The molecule has 1 amide bonds. The first kappa shape index (κ1) is 15.7. The van der Waals surface area contributed by atoms with Gasteiger partial charge in [-0.2, -0.15) is 9.78 Å². The number of carbonyl (C=O) groups is 1. The van der Waals surface area contributed by atoms with E-state index in [2.05, 4.69) is 22.2 Å². The molecule has 0 aliphatic carbocycles. The molecule has 3 aliphatic heterocycles. The first-order valence-electron chi connectivity index (χ1n) is 8.48. The van der Waals surface area contributed by atoms with Gasteiger partial charge in [0.2, 0.25) is 0 Å². The second-order valence-corrected chi connectivity index (χ2v) is 7.15. The van der Waals surface area contributed by atoms with Crippen LogP contribution in [0, 0.1) is 5.92 Å². The number of benzene rings is 1. The zero-order valence-corrected chi connectivity index (χ0v) is 14.4. The maximum Gasteiger partial charge on any atom is 0.342 e. The number of aromatic nitrogens is 2. The average Bonchev–Trinajstić information content (AvgIpc) is 3.09. The van der Waals surface area contributed by atoms with E-state index in [9.17, 15) is 4.79 Å². The van der Waals surface area contributed by atoms with Crippen molar-refractivity contribution in [3.05, 3.63) is 41.7 Å². The van der Waals surface area contributed by atoms with Gasteiger partial charge in [0.25, 0.3) is 0 Å². The largest absolute Gasteiger partial charge is 0.342 e. The summed E-state index contributed by atoms with van der Waals surface area (Å²) < 4.78 is 1.38. The van der Waals surface area contributed by atoms with Crippen molar-refractivity contribution in [3.63, 3.8) is 0 Å². The van der Waals surface area contributed by atoms with Crippen molar-refractivity contribution in [2.24, 2.45) is 5.92 Å². The topological polar surface area (TPSA) is 50.2 Å².